The Morgan fingerprint density at radius 1 is 0.351 bits per heavy atom. The Morgan fingerprint density at radius 2 is 0.558 bits per heavy atom. The van der Waals surface area contributed by atoms with Gasteiger partial charge in [0.25, 0.3) is 0 Å². The average molecular weight is 1300 g/mol. The molecule has 0 saturated heterocycles. The molecule has 0 bridgehead atoms. The van der Waals surface area contributed by atoms with E-state index in [4.69, 9.17) is 9.79 Å². The Kier molecular flexibility index (Phi) is 21.3. The van der Waals surface area contributed by atoms with Crippen molar-refractivity contribution in [1.29, 1.82) is 0 Å². The van der Waals surface area contributed by atoms with Gasteiger partial charge in [-0.2, -0.15) is 140 Å². The topological polar surface area (TPSA) is 151 Å². The Labute approximate surface area is 414 Å². The summed E-state index contributed by atoms with van der Waals surface area (Å²) in [5, 5.41) is 0. The molecule has 45 heteroatoms. The fraction of sp³-hybridized carbons (Fsp3) is 0.500. The van der Waals surface area contributed by atoms with Crippen LogP contribution < -0.4 is 29.0 Å². The number of rotatable bonds is 20. The average Bonchev–Trinajstić information content (AvgIpc) is 3.21. The Hall–Kier alpha value is -3.62. The van der Waals surface area contributed by atoms with E-state index in [1.54, 1.807) is 0 Å². The molecular formula is C32H14F34O8P2Zn. The van der Waals surface area contributed by atoms with Crippen LogP contribution in [0, 0.1) is 0 Å². The van der Waals surface area contributed by atoms with Gasteiger partial charge in [0.2, 0.25) is 31.3 Å². The van der Waals surface area contributed by atoms with Crippen LogP contribution in [0.2, 0.25) is 0 Å². The minimum absolute atomic E-state index is 0. The van der Waals surface area contributed by atoms with Gasteiger partial charge in [-0.1, -0.05) is 24.3 Å². The molecule has 0 amide bonds. The van der Waals surface area contributed by atoms with Crippen molar-refractivity contribution in [3.8, 4) is 11.5 Å². The molecule has 0 aromatic heterocycles. The smallest absolute Gasteiger partial charge is 0.687 e. The van der Waals surface area contributed by atoms with Gasteiger partial charge in [-0.3, -0.25) is 0 Å². The van der Waals surface area contributed by atoms with Crippen LogP contribution in [0.3, 0.4) is 0 Å². The molecule has 0 atom stereocenters. The molecule has 440 valence electrons. The van der Waals surface area contributed by atoms with Crippen LogP contribution in [0.25, 0.3) is 0 Å². The SMILES string of the molecule is [O-][P+](O)(O)Cc1ccc(OC(F)(F)C(F)(F)C(F)(F)/C(F)=C(\F)C(F)(F)C(F)(F)C(F)(F)C(F)(F)F)cc1.[O-][P+]([O-])([O-])Cc1ccc(OC(F)(F)C(F)(F)C(F)(F)/C(F)=C(\F)C(F)(F)C(F)(F)C(F)(F)C(F)(F)F)cc1.[Zn+2]. The van der Waals surface area contributed by atoms with Crippen LogP contribution >= 0.6 is 15.9 Å². The molecule has 0 unspecified atom stereocenters. The summed E-state index contributed by atoms with van der Waals surface area (Å²) < 4.78 is 453. The summed E-state index contributed by atoms with van der Waals surface area (Å²) in [6.45, 7) is 0. The van der Waals surface area contributed by atoms with Gasteiger partial charge in [-0.25, -0.2) is 27.3 Å². The maximum Gasteiger partial charge on any atom is 2.00 e. The van der Waals surface area contributed by atoms with Crippen LogP contribution in [0.1, 0.15) is 11.1 Å². The van der Waals surface area contributed by atoms with Crippen molar-refractivity contribution >= 4 is 15.9 Å². The predicted octanol–water partition coefficient (Wildman–Crippen LogP) is 11.0. The third kappa shape index (κ3) is 14.3. The molecule has 0 spiro atoms. The summed E-state index contributed by atoms with van der Waals surface area (Å²) in [7, 11) is -10.0. The van der Waals surface area contributed by atoms with Crippen molar-refractivity contribution in [3.05, 3.63) is 83.0 Å². The molecule has 2 N–H and O–H groups in total. The van der Waals surface area contributed by atoms with Gasteiger partial charge in [0.1, 0.15) is 17.7 Å². The molecule has 2 rings (SSSR count). The summed E-state index contributed by atoms with van der Waals surface area (Å²) in [5.74, 6) is -103. The first-order chi connectivity index (χ1) is 32.9. The third-order valence-corrected chi connectivity index (χ3v) is 9.93. The molecule has 0 aliphatic rings. The third-order valence-electron chi connectivity index (χ3n) is 8.40. The molecule has 0 fully saturated rings. The van der Waals surface area contributed by atoms with E-state index < -0.39 is 152 Å². The van der Waals surface area contributed by atoms with E-state index in [2.05, 4.69) is 9.47 Å². The van der Waals surface area contributed by atoms with E-state index in [0.717, 1.165) is 0 Å². The second kappa shape index (κ2) is 22.4. The fourth-order valence-corrected chi connectivity index (χ4v) is 5.77. The zero-order valence-electron chi connectivity index (χ0n) is 34.8. The minimum Gasteiger partial charge on any atom is -0.687 e. The minimum atomic E-state index is -8.16. The zero-order valence-corrected chi connectivity index (χ0v) is 39.6. The largest absolute Gasteiger partial charge is 2.00 e. The Balaban J connectivity index is 0.00000148. The van der Waals surface area contributed by atoms with Gasteiger partial charge in [-0.05, 0) is 35.4 Å². The molecule has 0 radical (unpaired) electrons. The summed E-state index contributed by atoms with van der Waals surface area (Å²) in [6.07, 6.45) is -31.3. The van der Waals surface area contributed by atoms with Gasteiger partial charge in [0, 0.05) is 0 Å². The fourth-order valence-electron chi connectivity index (χ4n) is 4.43. The van der Waals surface area contributed by atoms with Gasteiger partial charge in [-0.15, -0.1) is 0 Å². The van der Waals surface area contributed by atoms with E-state index in [9.17, 15) is 169 Å². The number of benzene rings is 2. The van der Waals surface area contributed by atoms with Gasteiger partial charge >= 0.3 is 103 Å². The molecule has 0 aliphatic heterocycles. The van der Waals surface area contributed by atoms with Crippen molar-refractivity contribution in [1.82, 2.24) is 0 Å². The van der Waals surface area contributed by atoms with Gasteiger partial charge in [0.15, 0.2) is 0 Å². The summed E-state index contributed by atoms with van der Waals surface area (Å²) in [4.78, 5) is 60.0. The van der Waals surface area contributed by atoms with Crippen LogP contribution in [0.4, 0.5) is 149 Å². The maximum atomic E-state index is 13.8. The van der Waals surface area contributed by atoms with Crippen LogP contribution in [-0.4, -0.2) is 93.6 Å². The first kappa shape index (κ1) is 73.4. The summed E-state index contributed by atoms with van der Waals surface area (Å²) in [5.41, 5.74) is -0.901. The molecule has 8 nitrogen and oxygen atoms in total. The van der Waals surface area contributed by atoms with E-state index in [1.165, 1.54) is 0 Å². The van der Waals surface area contributed by atoms with Crippen molar-refractivity contribution in [2.45, 2.75) is 96.1 Å². The van der Waals surface area contributed by atoms with Crippen LogP contribution in [0.5, 0.6) is 11.5 Å². The second-order valence-corrected chi connectivity index (χ2v) is 17.3. The van der Waals surface area contributed by atoms with E-state index >= 15 is 0 Å². The van der Waals surface area contributed by atoms with Crippen LogP contribution in [-0.2, 0) is 31.8 Å². The summed E-state index contributed by atoms with van der Waals surface area (Å²) in [6, 6.07) is 2.39. The van der Waals surface area contributed by atoms with Crippen LogP contribution in [0.15, 0.2) is 71.8 Å². The number of hydrogen-bond acceptors (Lipinski definition) is 8. The van der Waals surface area contributed by atoms with Crippen molar-refractivity contribution in [2.75, 3.05) is 0 Å². The molecule has 2 aromatic rings. The number of hydrogen-bond donors (Lipinski definition) is 2. The number of halogens is 34. The van der Waals surface area contributed by atoms with E-state index in [0.29, 0.717) is 24.3 Å². The summed E-state index contributed by atoms with van der Waals surface area (Å²) >= 11 is 0. The molecule has 0 heterocycles. The first-order valence-electron chi connectivity index (χ1n) is 17.4. The molecule has 0 aliphatic carbocycles. The van der Waals surface area contributed by atoms with Gasteiger partial charge < -0.3 is 29.0 Å². The van der Waals surface area contributed by atoms with Gasteiger partial charge in [0.05, 0.1) is 6.16 Å². The normalized spacial score (nSPS) is 15.7. The molecule has 2 aromatic carbocycles. The standard InChI is InChI=1S/2C16H8F17O4P.Zn/c2*17-8(10(19,20)12(23,24)14(27,28)15(29,30)31)9(18)11(21,22)13(25,26)16(32,33)37-7-3-1-6(2-4-7)5-38(34,35)36;/h2*1-4H,5H2,(H2,34,35,36);/q;;+2/p-2/b2*9-8+;. The van der Waals surface area contributed by atoms with Crippen molar-refractivity contribution in [3.63, 3.8) is 0 Å². The quantitative estimate of drug-likeness (QED) is 0.0756. The molecule has 77 heavy (non-hydrogen) atoms. The predicted molar refractivity (Wildman–Crippen MR) is 170 cm³/mol. The Bertz CT molecular complexity index is 2230. The Morgan fingerprint density at radius 3 is 0.753 bits per heavy atom. The first-order valence-corrected chi connectivity index (χ1v) is 20.9. The van der Waals surface area contributed by atoms with Crippen molar-refractivity contribution in [2.24, 2.45) is 0 Å². The number of ether oxygens (including phenoxy) is 2. The zero-order chi connectivity index (χ0) is 61.1. The number of allylic oxidation sites excluding steroid dienone is 4. The molecule has 0 saturated carbocycles. The maximum absolute atomic E-state index is 13.8. The van der Waals surface area contributed by atoms with E-state index in [1.807, 2.05) is 0 Å². The second-order valence-electron chi connectivity index (χ2n) is 14.1. The van der Waals surface area contributed by atoms with E-state index in [-0.39, 0.29) is 49.3 Å². The monoisotopic (exact) mass is 1300 g/mol. The van der Waals surface area contributed by atoms with Crippen molar-refractivity contribution < 1.29 is 208 Å². The number of alkyl halides is 30. The molecular weight excluding hydrogens is 1290 g/mol.